The van der Waals surface area contributed by atoms with Crippen molar-refractivity contribution in [1.29, 1.82) is 0 Å². The molecule has 1 amide bonds. The molecule has 34 heavy (non-hydrogen) atoms. The van der Waals surface area contributed by atoms with E-state index in [1.165, 1.54) is 11.8 Å². The summed E-state index contributed by atoms with van der Waals surface area (Å²) in [4.78, 5) is 12.5. The number of aryl methyl sites for hydroxylation is 1. The van der Waals surface area contributed by atoms with Gasteiger partial charge in [0.05, 0.1) is 11.5 Å². The second-order valence-electron chi connectivity index (χ2n) is 7.55. The van der Waals surface area contributed by atoms with Crippen LogP contribution in [0.5, 0.6) is 5.75 Å². The Kier molecular flexibility index (Phi) is 7.30. The van der Waals surface area contributed by atoms with Crippen molar-refractivity contribution in [2.24, 2.45) is 5.10 Å². The lowest BCUT2D eigenvalue weighted by molar-refractivity contribution is -0.118. The highest BCUT2D eigenvalue weighted by Crippen LogP contribution is 2.28. The number of hydrogen-bond acceptors (Lipinski definition) is 6. The molecule has 0 unspecified atom stereocenters. The van der Waals surface area contributed by atoms with Gasteiger partial charge >= 0.3 is 0 Å². The van der Waals surface area contributed by atoms with Crippen LogP contribution < -0.4 is 5.43 Å². The molecule has 2 N–H and O–H groups in total. The Morgan fingerprint density at radius 1 is 1.03 bits per heavy atom. The fourth-order valence-corrected chi connectivity index (χ4v) is 4.02. The van der Waals surface area contributed by atoms with E-state index in [1.54, 1.807) is 43.3 Å². The molecule has 7 nitrogen and oxygen atoms in total. The van der Waals surface area contributed by atoms with E-state index in [4.69, 9.17) is 11.6 Å². The highest BCUT2D eigenvalue weighted by molar-refractivity contribution is 7.99. The van der Waals surface area contributed by atoms with Crippen molar-refractivity contribution in [2.75, 3.05) is 5.75 Å². The number of rotatable bonds is 7. The maximum absolute atomic E-state index is 12.5. The number of aromatic nitrogens is 3. The van der Waals surface area contributed by atoms with Gasteiger partial charge in [0.1, 0.15) is 5.75 Å². The molecule has 0 aliphatic rings. The molecule has 4 aromatic rings. The largest absolute Gasteiger partial charge is 0.508 e. The third-order valence-corrected chi connectivity index (χ3v) is 6.17. The molecule has 0 spiro atoms. The Morgan fingerprint density at radius 2 is 1.71 bits per heavy atom. The molecular weight excluding hydrogens is 470 g/mol. The summed E-state index contributed by atoms with van der Waals surface area (Å²) in [6, 6.07) is 22.0. The molecule has 0 fully saturated rings. The summed E-state index contributed by atoms with van der Waals surface area (Å²) in [5.41, 5.74) is 6.90. The Balaban J connectivity index is 1.52. The van der Waals surface area contributed by atoms with Crippen molar-refractivity contribution in [3.63, 3.8) is 0 Å². The summed E-state index contributed by atoms with van der Waals surface area (Å²) in [7, 11) is 0. The normalized spacial score (nSPS) is 11.4. The molecule has 172 valence electrons. The van der Waals surface area contributed by atoms with Crippen LogP contribution in [0.1, 0.15) is 18.1 Å². The molecule has 4 rings (SSSR count). The first-order valence-corrected chi connectivity index (χ1v) is 11.8. The van der Waals surface area contributed by atoms with E-state index in [9.17, 15) is 9.90 Å². The minimum atomic E-state index is -0.273. The SMILES string of the molecule is C/C(=N\NC(=O)CSc1nnc(-c2ccc(C)cc2)n1-c1ccc(Cl)cc1)c1ccc(O)cc1. The lowest BCUT2D eigenvalue weighted by Crippen LogP contribution is -2.21. The van der Waals surface area contributed by atoms with Crippen LogP contribution in [-0.4, -0.2) is 37.2 Å². The van der Waals surface area contributed by atoms with E-state index in [-0.39, 0.29) is 17.4 Å². The summed E-state index contributed by atoms with van der Waals surface area (Å²) < 4.78 is 1.91. The number of benzene rings is 3. The average Bonchev–Trinajstić information content (AvgIpc) is 3.26. The second kappa shape index (κ2) is 10.5. The molecule has 0 aliphatic heterocycles. The number of carbonyl (C=O) groups is 1. The minimum absolute atomic E-state index is 0.103. The number of carbonyl (C=O) groups excluding carboxylic acids is 1. The zero-order valence-electron chi connectivity index (χ0n) is 18.6. The second-order valence-corrected chi connectivity index (χ2v) is 8.93. The topological polar surface area (TPSA) is 92.4 Å². The van der Waals surface area contributed by atoms with Crippen LogP contribution in [0.15, 0.2) is 83.1 Å². The van der Waals surface area contributed by atoms with E-state index in [2.05, 4.69) is 20.7 Å². The zero-order valence-corrected chi connectivity index (χ0v) is 20.1. The Labute approximate surface area is 206 Å². The van der Waals surface area contributed by atoms with Gasteiger partial charge in [0.15, 0.2) is 11.0 Å². The van der Waals surface area contributed by atoms with Crippen molar-refractivity contribution in [2.45, 2.75) is 19.0 Å². The third-order valence-electron chi connectivity index (χ3n) is 4.99. The van der Waals surface area contributed by atoms with E-state index in [0.717, 1.165) is 22.4 Å². The Bertz CT molecular complexity index is 1320. The summed E-state index contributed by atoms with van der Waals surface area (Å²) in [5.74, 6) is 0.676. The molecule has 1 heterocycles. The summed E-state index contributed by atoms with van der Waals surface area (Å²) in [6.07, 6.45) is 0. The number of phenolic OH excluding ortho intramolecular Hbond substituents is 1. The minimum Gasteiger partial charge on any atom is -0.508 e. The number of nitrogens with zero attached hydrogens (tertiary/aromatic N) is 4. The lowest BCUT2D eigenvalue weighted by atomic mass is 10.1. The van der Waals surface area contributed by atoms with Crippen molar-refractivity contribution < 1.29 is 9.90 Å². The van der Waals surface area contributed by atoms with Gasteiger partial charge in [-0.25, -0.2) is 5.43 Å². The summed E-state index contributed by atoms with van der Waals surface area (Å²) >= 11 is 7.34. The van der Waals surface area contributed by atoms with Gasteiger partial charge in [-0.1, -0.05) is 53.2 Å². The molecule has 0 bridgehead atoms. The highest BCUT2D eigenvalue weighted by atomic mass is 35.5. The maximum atomic E-state index is 12.5. The Morgan fingerprint density at radius 3 is 2.38 bits per heavy atom. The average molecular weight is 492 g/mol. The standard InChI is InChI=1S/C25H22ClN5O2S/c1-16-3-5-19(6-4-16)24-29-30-25(31(24)21-11-9-20(26)10-12-21)34-15-23(33)28-27-17(2)18-7-13-22(32)14-8-18/h3-14,32H,15H2,1-2H3,(H,28,33)/b27-17+. The van der Waals surface area contributed by atoms with Crippen LogP contribution in [0.4, 0.5) is 0 Å². The molecule has 0 aliphatic carbocycles. The monoisotopic (exact) mass is 491 g/mol. The van der Waals surface area contributed by atoms with Gasteiger partial charge in [0.2, 0.25) is 0 Å². The fraction of sp³-hybridized carbons (Fsp3) is 0.120. The van der Waals surface area contributed by atoms with Crippen LogP contribution in [0.2, 0.25) is 5.02 Å². The van der Waals surface area contributed by atoms with Crippen molar-refractivity contribution in [1.82, 2.24) is 20.2 Å². The third kappa shape index (κ3) is 5.65. The first-order valence-electron chi connectivity index (χ1n) is 10.4. The van der Waals surface area contributed by atoms with Gasteiger partial charge < -0.3 is 5.11 Å². The first kappa shape index (κ1) is 23.5. The van der Waals surface area contributed by atoms with E-state index in [0.29, 0.717) is 21.7 Å². The number of halogens is 1. The van der Waals surface area contributed by atoms with Gasteiger partial charge in [-0.3, -0.25) is 9.36 Å². The zero-order chi connectivity index (χ0) is 24.1. The first-order chi connectivity index (χ1) is 16.4. The smallest absolute Gasteiger partial charge is 0.250 e. The van der Waals surface area contributed by atoms with Gasteiger partial charge in [-0.05, 0) is 67.9 Å². The predicted octanol–water partition coefficient (Wildman–Crippen LogP) is 5.23. The number of hydrazone groups is 1. The van der Waals surface area contributed by atoms with Gasteiger partial charge in [0, 0.05) is 16.3 Å². The van der Waals surface area contributed by atoms with Crippen LogP contribution in [-0.2, 0) is 4.79 Å². The Hall–Kier alpha value is -3.62. The van der Waals surface area contributed by atoms with Gasteiger partial charge in [0.25, 0.3) is 5.91 Å². The summed E-state index contributed by atoms with van der Waals surface area (Å²) in [6.45, 7) is 3.81. The number of phenols is 1. The molecule has 1 aromatic heterocycles. The van der Waals surface area contributed by atoms with Crippen molar-refractivity contribution >= 4 is 35.0 Å². The molecular formula is C25H22ClN5O2S. The quantitative estimate of drug-likeness (QED) is 0.210. The van der Waals surface area contributed by atoms with Crippen LogP contribution in [0, 0.1) is 6.92 Å². The van der Waals surface area contributed by atoms with Gasteiger partial charge in [-0.2, -0.15) is 5.10 Å². The highest BCUT2D eigenvalue weighted by Gasteiger charge is 2.17. The summed E-state index contributed by atoms with van der Waals surface area (Å²) in [5, 5.41) is 23.5. The molecule has 0 atom stereocenters. The fourth-order valence-electron chi connectivity index (χ4n) is 3.15. The van der Waals surface area contributed by atoms with Crippen LogP contribution in [0.3, 0.4) is 0 Å². The maximum Gasteiger partial charge on any atom is 0.250 e. The van der Waals surface area contributed by atoms with E-state index in [1.807, 2.05) is 47.9 Å². The molecule has 3 aromatic carbocycles. The number of amides is 1. The predicted molar refractivity (Wildman–Crippen MR) is 136 cm³/mol. The molecule has 9 heteroatoms. The van der Waals surface area contributed by atoms with Crippen molar-refractivity contribution in [3.05, 3.63) is 88.9 Å². The van der Waals surface area contributed by atoms with Gasteiger partial charge in [-0.15, -0.1) is 10.2 Å². The van der Waals surface area contributed by atoms with Crippen molar-refractivity contribution in [3.8, 4) is 22.8 Å². The molecule has 0 saturated carbocycles. The number of thioether (sulfide) groups is 1. The number of nitrogens with one attached hydrogen (secondary N) is 1. The number of aromatic hydroxyl groups is 1. The molecule has 0 saturated heterocycles. The lowest BCUT2D eigenvalue weighted by Gasteiger charge is -2.10. The number of hydrogen-bond donors (Lipinski definition) is 2. The van der Waals surface area contributed by atoms with E-state index >= 15 is 0 Å². The molecule has 0 radical (unpaired) electrons. The van der Waals surface area contributed by atoms with Crippen LogP contribution in [0.25, 0.3) is 17.1 Å². The van der Waals surface area contributed by atoms with Crippen LogP contribution >= 0.6 is 23.4 Å². The van der Waals surface area contributed by atoms with E-state index < -0.39 is 0 Å².